The SMILES string of the molecule is CCOC(=O)c1ccc(CC(=O)CBr)cc1Cl. The third kappa shape index (κ3) is 4.13. The second-order valence-electron chi connectivity index (χ2n) is 3.38. The predicted octanol–water partition coefficient (Wildman–Crippen LogP) is 3.02. The molecule has 0 atom stereocenters. The van der Waals surface area contributed by atoms with Crippen LogP contribution in [0.1, 0.15) is 22.8 Å². The Kier molecular flexibility index (Phi) is 5.65. The molecule has 0 bridgehead atoms. The molecule has 1 rings (SSSR count). The van der Waals surface area contributed by atoms with Crippen molar-refractivity contribution in [3.63, 3.8) is 0 Å². The van der Waals surface area contributed by atoms with Gasteiger partial charge in [0.1, 0.15) is 5.78 Å². The first kappa shape index (κ1) is 14.2. The zero-order valence-corrected chi connectivity index (χ0v) is 11.7. The lowest BCUT2D eigenvalue weighted by atomic mass is 10.1. The Hall–Kier alpha value is -0.870. The van der Waals surface area contributed by atoms with Crippen LogP contribution in [0.15, 0.2) is 18.2 Å². The van der Waals surface area contributed by atoms with E-state index in [2.05, 4.69) is 15.9 Å². The Balaban J connectivity index is 2.86. The molecule has 0 amide bonds. The number of halogens is 2. The second-order valence-corrected chi connectivity index (χ2v) is 4.35. The fourth-order valence-corrected chi connectivity index (χ4v) is 1.80. The number of Topliss-reactive ketones (excluding diaryl/α,β-unsaturated/α-hetero) is 1. The summed E-state index contributed by atoms with van der Waals surface area (Å²) in [6.07, 6.45) is 0.300. The number of esters is 1. The van der Waals surface area contributed by atoms with Crippen LogP contribution >= 0.6 is 27.5 Å². The van der Waals surface area contributed by atoms with E-state index in [0.717, 1.165) is 5.56 Å². The van der Waals surface area contributed by atoms with Crippen molar-refractivity contribution in [1.29, 1.82) is 0 Å². The zero-order valence-electron chi connectivity index (χ0n) is 9.33. The number of carbonyl (C=O) groups is 2. The summed E-state index contributed by atoms with van der Waals surface area (Å²) >= 11 is 9.06. The molecule has 17 heavy (non-hydrogen) atoms. The molecule has 0 N–H and O–H groups in total. The van der Waals surface area contributed by atoms with Crippen LogP contribution in [-0.4, -0.2) is 23.7 Å². The van der Waals surface area contributed by atoms with Crippen molar-refractivity contribution in [2.45, 2.75) is 13.3 Å². The maximum Gasteiger partial charge on any atom is 0.339 e. The smallest absolute Gasteiger partial charge is 0.339 e. The molecule has 0 aliphatic rings. The van der Waals surface area contributed by atoms with Gasteiger partial charge in [0.15, 0.2) is 0 Å². The first-order valence-corrected chi connectivity index (χ1v) is 6.61. The summed E-state index contributed by atoms with van der Waals surface area (Å²) < 4.78 is 4.85. The summed E-state index contributed by atoms with van der Waals surface area (Å²) in [7, 11) is 0. The van der Waals surface area contributed by atoms with Gasteiger partial charge in [-0.1, -0.05) is 33.6 Å². The van der Waals surface area contributed by atoms with Gasteiger partial charge in [0, 0.05) is 6.42 Å². The van der Waals surface area contributed by atoms with Gasteiger partial charge in [-0.05, 0) is 24.6 Å². The highest BCUT2D eigenvalue weighted by Gasteiger charge is 2.12. The van der Waals surface area contributed by atoms with E-state index >= 15 is 0 Å². The molecule has 0 radical (unpaired) electrons. The van der Waals surface area contributed by atoms with Crippen molar-refractivity contribution in [2.24, 2.45) is 0 Å². The minimum absolute atomic E-state index is 0.0601. The summed E-state index contributed by atoms with van der Waals surface area (Å²) in [5.41, 5.74) is 1.11. The van der Waals surface area contributed by atoms with Crippen molar-refractivity contribution in [3.05, 3.63) is 34.3 Å². The van der Waals surface area contributed by atoms with E-state index in [9.17, 15) is 9.59 Å². The van der Waals surface area contributed by atoms with Crippen LogP contribution in [0.5, 0.6) is 0 Å². The fraction of sp³-hybridized carbons (Fsp3) is 0.333. The summed E-state index contributed by atoms with van der Waals surface area (Å²) in [5.74, 6) is -0.388. The molecule has 92 valence electrons. The Bertz CT molecular complexity index is 432. The Morgan fingerprint density at radius 1 is 1.41 bits per heavy atom. The van der Waals surface area contributed by atoms with Gasteiger partial charge in [-0.15, -0.1) is 0 Å². The quantitative estimate of drug-likeness (QED) is 0.619. The van der Waals surface area contributed by atoms with Crippen molar-refractivity contribution in [1.82, 2.24) is 0 Å². The minimum Gasteiger partial charge on any atom is -0.462 e. The molecule has 0 saturated heterocycles. The summed E-state index contributed by atoms with van der Waals surface area (Å²) in [6.45, 7) is 2.04. The minimum atomic E-state index is -0.448. The van der Waals surface area contributed by atoms with Crippen molar-refractivity contribution >= 4 is 39.3 Å². The first-order chi connectivity index (χ1) is 8.08. The summed E-state index contributed by atoms with van der Waals surface area (Å²) in [6, 6.07) is 4.91. The van der Waals surface area contributed by atoms with Crippen molar-refractivity contribution < 1.29 is 14.3 Å². The summed E-state index contributed by atoms with van der Waals surface area (Å²) in [4.78, 5) is 22.7. The topological polar surface area (TPSA) is 43.4 Å². The van der Waals surface area contributed by atoms with E-state index in [-0.39, 0.29) is 5.78 Å². The van der Waals surface area contributed by atoms with Gasteiger partial charge in [0.05, 0.1) is 22.5 Å². The zero-order chi connectivity index (χ0) is 12.8. The highest BCUT2D eigenvalue weighted by Crippen LogP contribution is 2.19. The number of carbonyl (C=O) groups excluding carboxylic acids is 2. The molecule has 0 aliphatic heterocycles. The largest absolute Gasteiger partial charge is 0.462 e. The summed E-state index contributed by atoms with van der Waals surface area (Å²) in [5, 5.41) is 0.618. The number of rotatable bonds is 5. The molecule has 5 heteroatoms. The average molecular weight is 320 g/mol. The van der Waals surface area contributed by atoms with E-state index in [4.69, 9.17) is 16.3 Å². The third-order valence-electron chi connectivity index (χ3n) is 2.08. The van der Waals surface area contributed by atoms with Crippen LogP contribution in [0.3, 0.4) is 0 Å². The average Bonchev–Trinajstić information content (AvgIpc) is 2.29. The number of ether oxygens (including phenoxy) is 1. The van der Waals surface area contributed by atoms with Crippen molar-refractivity contribution in [2.75, 3.05) is 11.9 Å². The third-order valence-corrected chi connectivity index (χ3v) is 3.02. The molecule has 0 fully saturated rings. The predicted molar refractivity (Wildman–Crippen MR) is 69.9 cm³/mol. The van der Waals surface area contributed by atoms with Gasteiger partial charge >= 0.3 is 5.97 Å². The lowest BCUT2D eigenvalue weighted by molar-refractivity contribution is -0.115. The Labute approximate surface area is 113 Å². The second kappa shape index (κ2) is 6.77. The Morgan fingerprint density at radius 2 is 2.12 bits per heavy atom. The van der Waals surface area contributed by atoms with Crippen LogP contribution in [0.4, 0.5) is 0 Å². The van der Waals surface area contributed by atoms with E-state index < -0.39 is 5.97 Å². The standard InChI is InChI=1S/C12H12BrClO3/c1-2-17-12(16)10-4-3-8(6-11(10)14)5-9(15)7-13/h3-4,6H,2,5,7H2,1H3. The normalized spacial score (nSPS) is 10.1. The van der Waals surface area contributed by atoms with Gasteiger partial charge < -0.3 is 4.74 Å². The molecule has 1 aromatic rings. The van der Waals surface area contributed by atoms with E-state index in [1.54, 1.807) is 25.1 Å². The first-order valence-electron chi connectivity index (χ1n) is 5.11. The molecule has 0 aliphatic carbocycles. The fourth-order valence-electron chi connectivity index (χ4n) is 1.32. The highest BCUT2D eigenvalue weighted by atomic mass is 79.9. The molecule has 1 aromatic carbocycles. The van der Waals surface area contributed by atoms with E-state index in [0.29, 0.717) is 28.9 Å². The van der Waals surface area contributed by atoms with Crippen LogP contribution in [0, 0.1) is 0 Å². The molecule has 0 aromatic heterocycles. The van der Waals surface area contributed by atoms with Crippen LogP contribution in [0.25, 0.3) is 0 Å². The maximum absolute atomic E-state index is 11.5. The van der Waals surface area contributed by atoms with Gasteiger partial charge in [0.2, 0.25) is 0 Å². The number of hydrogen-bond donors (Lipinski definition) is 0. The van der Waals surface area contributed by atoms with Gasteiger partial charge in [-0.3, -0.25) is 4.79 Å². The highest BCUT2D eigenvalue weighted by molar-refractivity contribution is 9.09. The molecule has 0 unspecified atom stereocenters. The molecule has 3 nitrogen and oxygen atoms in total. The van der Waals surface area contributed by atoms with Gasteiger partial charge in [0.25, 0.3) is 0 Å². The van der Waals surface area contributed by atoms with Gasteiger partial charge in [-0.2, -0.15) is 0 Å². The number of benzene rings is 1. The number of alkyl halides is 1. The van der Waals surface area contributed by atoms with E-state index in [1.165, 1.54) is 0 Å². The molecule has 0 spiro atoms. The number of hydrogen-bond acceptors (Lipinski definition) is 3. The number of ketones is 1. The van der Waals surface area contributed by atoms with Crippen molar-refractivity contribution in [3.8, 4) is 0 Å². The molecular weight excluding hydrogens is 307 g/mol. The van der Waals surface area contributed by atoms with Crippen LogP contribution in [0.2, 0.25) is 5.02 Å². The molecule has 0 heterocycles. The monoisotopic (exact) mass is 318 g/mol. The molecular formula is C12H12BrClO3. The van der Waals surface area contributed by atoms with E-state index in [1.807, 2.05) is 0 Å². The Morgan fingerprint density at radius 3 is 2.65 bits per heavy atom. The van der Waals surface area contributed by atoms with Crippen LogP contribution in [-0.2, 0) is 16.0 Å². The van der Waals surface area contributed by atoms with Gasteiger partial charge in [-0.25, -0.2) is 4.79 Å². The van der Waals surface area contributed by atoms with Crippen LogP contribution < -0.4 is 0 Å². The maximum atomic E-state index is 11.5. The lowest BCUT2D eigenvalue weighted by Gasteiger charge is -2.06. The lowest BCUT2D eigenvalue weighted by Crippen LogP contribution is -2.07. The molecule has 0 saturated carbocycles.